The maximum atomic E-state index is 5.55. The first-order chi connectivity index (χ1) is 8.33. The summed E-state index contributed by atoms with van der Waals surface area (Å²) >= 11 is 1.67. The summed E-state index contributed by atoms with van der Waals surface area (Å²) in [5.41, 5.74) is 4.79. The molecule has 0 aliphatic carbocycles. The van der Waals surface area contributed by atoms with E-state index in [2.05, 4.69) is 27.1 Å². The molecule has 0 saturated heterocycles. The molecule has 0 amide bonds. The molecular formula is C11H14N4OS. The average molecular weight is 250 g/mol. The fraction of sp³-hybridized carbons (Fsp3) is 0.273. The summed E-state index contributed by atoms with van der Waals surface area (Å²) in [5.74, 6) is 6.05. The van der Waals surface area contributed by atoms with E-state index in [0.29, 0.717) is 5.88 Å². The number of hydrogen-bond acceptors (Lipinski definition) is 6. The molecule has 1 unspecified atom stereocenters. The van der Waals surface area contributed by atoms with E-state index in [4.69, 9.17) is 10.6 Å². The molecule has 0 radical (unpaired) electrons. The number of nitrogens with one attached hydrogen (secondary N) is 1. The van der Waals surface area contributed by atoms with Crippen LogP contribution in [0.2, 0.25) is 0 Å². The number of hydrazine groups is 1. The highest BCUT2D eigenvalue weighted by atomic mass is 32.1. The van der Waals surface area contributed by atoms with Gasteiger partial charge in [0.05, 0.1) is 18.8 Å². The third-order valence-corrected chi connectivity index (χ3v) is 3.18. The molecule has 0 aliphatic heterocycles. The second-order valence-corrected chi connectivity index (χ2v) is 4.34. The normalized spacial score (nSPS) is 12.4. The van der Waals surface area contributed by atoms with Gasteiger partial charge in [-0.3, -0.25) is 11.3 Å². The summed E-state index contributed by atoms with van der Waals surface area (Å²) in [6.07, 6.45) is 0.793. The lowest BCUT2D eigenvalue weighted by Gasteiger charge is -2.13. The number of ether oxygens (including phenoxy) is 1. The SMILES string of the molecule is COc1ccc(C(Cc2ccsc2)NN)nn1. The minimum atomic E-state index is -0.0389. The minimum absolute atomic E-state index is 0.0389. The van der Waals surface area contributed by atoms with Crippen molar-refractivity contribution in [2.24, 2.45) is 5.84 Å². The first-order valence-corrected chi connectivity index (χ1v) is 6.12. The van der Waals surface area contributed by atoms with E-state index < -0.39 is 0 Å². The quantitative estimate of drug-likeness (QED) is 0.618. The summed E-state index contributed by atoms with van der Waals surface area (Å²) in [4.78, 5) is 0. The van der Waals surface area contributed by atoms with Gasteiger partial charge in [-0.05, 0) is 34.9 Å². The number of thiophene rings is 1. The Labute approximate surface area is 104 Å². The maximum absolute atomic E-state index is 5.55. The van der Waals surface area contributed by atoms with Crippen LogP contribution in [0.3, 0.4) is 0 Å². The molecular weight excluding hydrogens is 236 g/mol. The van der Waals surface area contributed by atoms with Crippen LogP contribution in [-0.2, 0) is 6.42 Å². The molecule has 3 N–H and O–H groups in total. The Bertz CT molecular complexity index is 443. The van der Waals surface area contributed by atoms with Gasteiger partial charge in [0, 0.05) is 6.07 Å². The minimum Gasteiger partial charge on any atom is -0.480 e. The molecule has 0 saturated carbocycles. The summed E-state index contributed by atoms with van der Waals surface area (Å²) in [6, 6.07) is 5.68. The van der Waals surface area contributed by atoms with Crippen LogP contribution in [-0.4, -0.2) is 17.3 Å². The molecule has 0 spiro atoms. The number of rotatable bonds is 5. The molecule has 2 heterocycles. The van der Waals surface area contributed by atoms with Crippen LogP contribution in [0, 0.1) is 0 Å². The summed E-state index contributed by atoms with van der Waals surface area (Å²) in [7, 11) is 1.56. The van der Waals surface area contributed by atoms with E-state index in [9.17, 15) is 0 Å². The summed E-state index contributed by atoms with van der Waals surface area (Å²) in [6.45, 7) is 0. The Morgan fingerprint density at radius 1 is 1.41 bits per heavy atom. The van der Waals surface area contributed by atoms with Gasteiger partial charge in [0.1, 0.15) is 0 Å². The lowest BCUT2D eigenvalue weighted by atomic mass is 10.1. The van der Waals surface area contributed by atoms with Gasteiger partial charge >= 0.3 is 0 Å². The molecule has 90 valence electrons. The van der Waals surface area contributed by atoms with E-state index in [1.54, 1.807) is 24.5 Å². The fourth-order valence-electron chi connectivity index (χ4n) is 1.52. The zero-order valence-electron chi connectivity index (χ0n) is 9.46. The van der Waals surface area contributed by atoms with Crippen LogP contribution >= 0.6 is 11.3 Å². The van der Waals surface area contributed by atoms with Crippen molar-refractivity contribution in [1.29, 1.82) is 0 Å². The second-order valence-electron chi connectivity index (χ2n) is 3.56. The Kier molecular flexibility index (Phi) is 4.03. The molecule has 0 aromatic carbocycles. The van der Waals surface area contributed by atoms with Gasteiger partial charge in [-0.15, -0.1) is 5.10 Å². The number of aromatic nitrogens is 2. The van der Waals surface area contributed by atoms with E-state index in [-0.39, 0.29) is 6.04 Å². The molecule has 0 fully saturated rings. The number of nitrogens with two attached hydrogens (primary N) is 1. The Morgan fingerprint density at radius 2 is 2.29 bits per heavy atom. The summed E-state index contributed by atoms with van der Waals surface area (Å²) < 4.78 is 4.96. The smallest absolute Gasteiger partial charge is 0.233 e. The standard InChI is InChI=1S/C11H14N4OS/c1-16-11-3-2-9(14-15-11)10(13-12)6-8-4-5-17-7-8/h2-5,7,10,13H,6,12H2,1H3. The van der Waals surface area contributed by atoms with Crippen LogP contribution in [0.25, 0.3) is 0 Å². The van der Waals surface area contributed by atoms with Gasteiger partial charge in [-0.1, -0.05) is 0 Å². The van der Waals surface area contributed by atoms with Gasteiger partial charge in [0.25, 0.3) is 0 Å². The van der Waals surface area contributed by atoms with Gasteiger partial charge in [-0.25, -0.2) is 0 Å². The van der Waals surface area contributed by atoms with Crippen molar-refractivity contribution in [1.82, 2.24) is 15.6 Å². The van der Waals surface area contributed by atoms with Crippen molar-refractivity contribution in [2.45, 2.75) is 12.5 Å². The molecule has 1 atom stereocenters. The number of nitrogens with zero attached hydrogens (tertiary/aromatic N) is 2. The Hall–Kier alpha value is -1.50. The lowest BCUT2D eigenvalue weighted by molar-refractivity contribution is 0.389. The van der Waals surface area contributed by atoms with E-state index in [0.717, 1.165) is 12.1 Å². The fourth-order valence-corrected chi connectivity index (χ4v) is 2.20. The van der Waals surface area contributed by atoms with Gasteiger partial charge < -0.3 is 4.74 Å². The zero-order valence-corrected chi connectivity index (χ0v) is 10.3. The third-order valence-electron chi connectivity index (χ3n) is 2.45. The first kappa shape index (κ1) is 12.0. The van der Waals surface area contributed by atoms with Gasteiger partial charge in [-0.2, -0.15) is 16.4 Å². The second kappa shape index (κ2) is 5.72. The van der Waals surface area contributed by atoms with Crippen LogP contribution in [0.5, 0.6) is 5.88 Å². The number of hydrogen-bond donors (Lipinski definition) is 2. The highest BCUT2D eigenvalue weighted by Gasteiger charge is 2.13. The molecule has 2 aromatic rings. The zero-order chi connectivity index (χ0) is 12.1. The first-order valence-electron chi connectivity index (χ1n) is 5.18. The van der Waals surface area contributed by atoms with Crippen LogP contribution in [0.15, 0.2) is 29.0 Å². The van der Waals surface area contributed by atoms with Crippen molar-refractivity contribution in [3.8, 4) is 5.88 Å². The Morgan fingerprint density at radius 3 is 2.82 bits per heavy atom. The van der Waals surface area contributed by atoms with Gasteiger partial charge in [0.2, 0.25) is 5.88 Å². The largest absolute Gasteiger partial charge is 0.480 e. The highest BCUT2D eigenvalue weighted by molar-refractivity contribution is 7.07. The Balaban J connectivity index is 2.11. The van der Waals surface area contributed by atoms with Crippen molar-refractivity contribution >= 4 is 11.3 Å². The third kappa shape index (κ3) is 3.00. The van der Waals surface area contributed by atoms with E-state index in [1.165, 1.54) is 5.56 Å². The van der Waals surface area contributed by atoms with Crippen LogP contribution in [0.1, 0.15) is 17.3 Å². The molecule has 5 nitrogen and oxygen atoms in total. The van der Waals surface area contributed by atoms with E-state index in [1.807, 2.05) is 11.4 Å². The van der Waals surface area contributed by atoms with Gasteiger partial charge in [0.15, 0.2) is 0 Å². The molecule has 6 heteroatoms. The van der Waals surface area contributed by atoms with Crippen molar-refractivity contribution in [2.75, 3.05) is 7.11 Å². The highest BCUT2D eigenvalue weighted by Crippen LogP contribution is 2.18. The van der Waals surface area contributed by atoms with Crippen molar-refractivity contribution in [3.05, 3.63) is 40.2 Å². The van der Waals surface area contributed by atoms with E-state index >= 15 is 0 Å². The monoisotopic (exact) mass is 250 g/mol. The topological polar surface area (TPSA) is 73.1 Å². The molecule has 2 aromatic heterocycles. The number of methoxy groups -OCH3 is 1. The maximum Gasteiger partial charge on any atom is 0.233 e. The van der Waals surface area contributed by atoms with Crippen LogP contribution in [0.4, 0.5) is 0 Å². The van der Waals surface area contributed by atoms with Crippen molar-refractivity contribution in [3.63, 3.8) is 0 Å². The predicted molar refractivity (Wildman–Crippen MR) is 66.7 cm³/mol. The molecule has 0 aliphatic rings. The predicted octanol–water partition coefficient (Wildman–Crippen LogP) is 1.29. The van der Waals surface area contributed by atoms with Crippen molar-refractivity contribution < 1.29 is 4.74 Å². The summed E-state index contributed by atoms with van der Waals surface area (Å²) in [5, 5.41) is 12.2. The van der Waals surface area contributed by atoms with Crippen LogP contribution < -0.4 is 16.0 Å². The molecule has 2 rings (SSSR count). The lowest BCUT2D eigenvalue weighted by Crippen LogP contribution is -2.30. The molecule has 0 bridgehead atoms. The average Bonchev–Trinajstić information content (AvgIpc) is 2.89. The molecule has 17 heavy (non-hydrogen) atoms.